The van der Waals surface area contributed by atoms with Crippen LogP contribution in [0.4, 0.5) is 4.39 Å². The Kier molecular flexibility index (Phi) is 4.27. The number of H-pyrrole nitrogens is 1. The molecule has 1 aromatic carbocycles. The van der Waals surface area contributed by atoms with Crippen LogP contribution in [0, 0.1) is 23.1 Å². The lowest BCUT2D eigenvalue weighted by molar-refractivity contribution is 0.243. The van der Waals surface area contributed by atoms with Gasteiger partial charge in [0.2, 0.25) is 0 Å². The maximum absolute atomic E-state index is 13.1. The van der Waals surface area contributed by atoms with Crippen molar-refractivity contribution in [2.75, 3.05) is 6.54 Å². The normalized spacial score (nSPS) is 14.0. The van der Waals surface area contributed by atoms with Gasteiger partial charge >= 0.3 is 0 Å². The summed E-state index contributed by atoms with van der Waals surface area (Å²) in [6.45, 7) is 2.09. The van der Waals surface area contributed by atoms with Gasteiger partial charge in [0.25, 0.3) is 5.56 Å². The molecule has 1 aliphatic rings. The van der Waals surface area contributed by atoms with Crippen molar-refractivity contribution >= 4 is 5.65 Å². The van der Waals surface area contributed by atoms with Crippen molar-refractivity contribution in [3.63, 3.8) is 0 Å². The molecule has 2 heterocycles. The molecule has 1 aliphatic carbocycles. The van der Waals surface area contributed by atoms with Crippen LogP contribution in [0.5, 0.6) is 0 Å². The van der Waals surface area contributed by atoms with E-state index in [1.54, 1.807) is 12.1 Å². The SMILES string of the molecule is N#Cc1c[nH]n2c(=O)cc(CN(Cc3ccc(F)cc3)CC3CC3)nc12. The number of halogens is 1. The molecule has 1 N–H and O–H groups in total. The molecule has 0 aliphatic heterocycles. The molecule has 0 saturated heterocycles. The molecule has 0 atom stereocenters. The number of aromatic nitrogens is 3. The van der Waals surface area contributed by atoms with Crippen LogP contribution < -0.4 is 5.56 Å². The Hall–Kier alpha value is -2.98. The van der Waals surface area contributed by atoms with E-state index in [9.17, 15) is 9.18 Å². The molecule has 0 amide bonds. The minimum absolute atomic E-state index is 0.236. The Morgan fingerprint density at radius 1 is 1.31 bits per heavy atom. The molecule has 3 aromatic rings. The van der Waals surface area contributed by atoms with Gasteiger partial charge in [0.15, 0.2) is 5.65 Å². The van der Waals surface area contributed by atoms with Crippen molar-refractivity contribution < 1.29 is 4.39 Å². The minimum atomic E-state index is -0.251. The summed E-state index contributed by atoms with van der Waals surface area (Å²) < 4.78 is 14.4. The van der Waals surface area contributed by atoms with Gasteiger partial charge in [-0.2, -0.15) is 5.26 Å². The summed E-state index contributed by atoms with van der Waals surface area (Å²) in [5, 5.41) is 11.9. The van der Waals surface area contributed by atoms with Crippen LogP contribution in [0.15, 0.2) is 41.3 Å². The lowest BCUT2D eigenvalue weighted by Gasteiger charge is -2.22. The number of aromatic amines is 1. The molecule has 0 unspecified atom stereocenters. The van der Waals surface area contributed by atoms with Crippen molar-refractivity contribution in [3.8, 4) is 6.07 Å². The highest BCUT2D eigenvalue weighted by Crippen LogP contribution is 2.30. The van der Waals surface area contributed by atoms with E-state index in [0.717, 1.165) is 12.1 Å². The molecular formula is C19H18FN5O. The smallest absolute Gasteiger partial charge is 0.272 e. The fourth-order valence-electron chi connectivity index (χ4n) is 3.12. The van der Waals surface area contributed by atoms with Gasteiger partial charge in [-0.25, -0.2) is 13.9 Å². The summed E-state index contributed by atoms with van der Waals surface area (Å²) in [4.78, 5) is 19.0. The van der Waals surface area contributed by atoms with Crippen LogP contribution >= 0.6 is 0 Å². The van der Waals surface area contributed by atoms with Gasteiger partial charge in [-0.05, 0) is 36.5 Å². The predicted octanol–water partition coefficient (Wildman–Crippen LogP) is 2.45. The highest BCUT2D eigenvalue weighted by molar-refractivity contribution is 5.53. The Morgan fingerprint density at radius 3 is 2.77 bits per heavy atom. The van der Waals surface area contributed by atoms with Crippen molar-refractivity contribution in [1.82, 2.24) is 19.5 Å². The maximum atomic E-state index is 13.1. The third-order valence-electron chi connectivity index (χ3n) is 4.59. The summed E-state index contributed by atoms with van der Waals surface area (Å²) in [5.41, 5.74) is 2.11. The maximum Gasteiger partial charge on any atom is 0.272 e. The van der Waals surface area contributed by atoms with E-state index in [0.29, 0.717) is 35.9 Å². The second-order valence-corrected chi connectivity index (χ2v) is 6.78. The Balaban J connectivity index is 1.60. The van der Waals surface area contributed by atoms with E-state index < -0.39 is 0 Å². The van der Waals surface area contributed by atoms with E-state index in [1.807, 2.05) is 6.07 Å². The Bertz CT molecular complexity index is 1030. The van der Waals surface area contributed by atoms with Crippen molar-refractivity contribution in [1.29, 1.82) is 5.26 Å². The number of benzene rings is 1. The quantitative estimate of drug-likeness (QED) is 0.740. The molecule has 132 valence electrons. The van der Waals surface area contributed by atoms with E-state index in [2.05, 4.69) is 15.0 Å². The highest BCUT2D eigenvalue weighted by Gasteiger charge is 2.25. The van der Waals surface area contributed by atoms with Crippen LogP contribution in [-0.2, 0) is 13.1 Å². The number of hydrogen-bond acceptors (Lipinski definition) is 4. The lowest BCUT2D eigenvalue weighted by Crippen LogP contribution is -2.27. The zero-order valence-electron chi connectivity index (χ0n) is 14.2. The first-order valence-corrected chi connectivity index (χ1v) is 8.59. The third kappa shape index (κ3) is 3.51. The van der Waals surface area contributed by atoms with Crippen LogP contribution in [0.1, 0.15) is 29.7 Å². The molecule has 4 rings (SSSR count). The fraction of sp³-hybridized carbons (Fsp3) is 0.316. The molecule has 1 saturated carbocycles. The van der Waals surface area contributed by atoms with Gasteiger partial charge in [0.1, 0.15) is 17.4 Å². The van der Waals surface area contributed by atoms with Crippen LogP contribution in [0.25, 0.3) is 5.65 Å². The third-order valence-corrected chi connectivity index (χ3v) is 4.59. The predicted molar refractivity (Wildman–Crippen MR) is 93.8 cm³/mol. The van der Waals surface area contributed by atoms with Gasteiger partial charge in [-0.1, -0.05) is 12.1 Å². The van der Waals surface area contributed by atoms with Gasteiger partial charge in [-0.3, -0.25) is 14.8 Å². The molecule has 0 spiro atoms. The second-order valence-electron chi connectivity index (χ2n) is 6.78. The van der Waals surface area contributed by atoms with E-state index in [4.69, 9.17) is 5.26 Å². The molecule has 0 bridgehead atoms. The number of nitriles is 1. The van der Waals surface area contributed by atoms with E-state index >= 15 is 0 Å². The molecule has 2 aromatic heterocycles. The van der Waals surface area contributed by atoms with Crippen molar-refractivity contribution in [2.45, 2.75) is 25.9 Å². The van der Waals surface area contributed by atoms with Gasteiger partial charge in [0.05, 0.1) is 5.69 Å². The Labute approximate surface area is 149 Å². The van der Waals surface area contributed by atoms with Gasteiger partial charge < -0.3 is 0 Å². The number of nitrogens with zero attached hydrogens (tertiary/aromatic N) is 4. The first-order valence-electron chi connectivity index (χ1n) is 8.59. The number of hydrogen-bond donors (Lipinski definition) is 1. The fourth-order valence-corrected chi connectivity index (χ4v) is 3.12. The monoisotopic (exact) mass is 351 g/mol. The second kappa shape index (κ2) is 6.73. The van der Waals surface area contributed by atoms with E-state index in [-0.39, 0.29) is 11.4 Å². The van der Waals surface area contributed by atoms with Gasteiger partial charge in [0, 0.05) is 31.9 Å². The first kappa shape index (κ1) is 16.5. The number of fused-ring (bicyclic) bond motifs is 1. The lowest BCUT2D eigenvalue weighted by atomic mass is 10.2. The van der Waals surface area contributed by atoms with Crippen LogP contribution in [-0.4, -0.2) is 26.0 Å². The Morgan fingerprint density at radius 2 is 2.08 bits per heavy atom. The molecule has 26 heavy (non-hydrogen) atoms. The summed E-state index contributed by atoms with van der Waals surface area (Å²) >= 11 is 0. The zero-order chi connectivity index (χ0) is 18.1. The highest BCUT2D eigenvalue weighted by atomic mass is 19.1. The number of nitrogens with one attached hydrogen (secondary N) is 1. The number of rotatable bonds is 6. The largest absolute Gasteiger partial charge is 0.295 e. The minimum Gasteiger partial charge on any atom is -0.295 e. The molecular weight excluding hydrogens is 333 g/mol. The van der Waals surface area contributed by atoms with Crippen LogP contribution in [0.3, 0.4) is 0 Å². The standard InChI is InChI=1S/C19H18FN5O/c20-16-5-3-14(4-6-16)11-24(10-13-1-2-13)12-17-7-18(26)25-19(23-17)15(8-21)9-22-25/h3-7,9,13,22H,1-2,10-12H2. The average molecular weight is 351 g/mol. The molecule has 7 heteroatoms. The average Bonchev–Trinajstić information content (AvgIpc) is 3.33. The molecule has 6 nitrogen and oxygen atoms in total. The zero-order valence-corrected chi connectivity index (χ0v) is 14.2. The van der Waals surface area contributed by atoms with Crippen molar-refractivity contribution in [2.24, 2.45) is 5.92 Å². The molecule has 1 fully saturated rings. The van der Waals surface area contributed by atoms with Crippen LogP contribution in [0.2, 0.25) is 0 Å². The molecule has 0 radical (unpaired) electrons. The van der Waals surface area contributed by atoms with E-state index in [1.165, 1.54) is 41.8 Å². The topological polar surface area (TPSA) is 77.2 Å². The first-order chi connectivity index (χ1) is 12.6. The summed E-state index contributed by atoms with van der Waals surface area (Å²) in [6, 6.07) is 10.0. The van der Waals surface area contributed by atoms with Gasteiger partial charge in [-0.15, -0.1) is 0 Å². The summed E-state index contributed by atoms with van der Waals surface area (Å²) in [6.07, 6.45) is 3.91. The van der Waals surface area contributed by atoms with Crippen molar-refractivity contribution in [3.05, 3.63) is 69.5 Å². The summed E-state index contributed by atoms with van der Waals surface area (Å²) in [5.74, 6) is 0.418. The summed E-state index contributed by atoms with van der Waals surface area (Å²) in [7, 11) is 0.